The number of nitrogens with two attached hydrogens (primary N) is 1. The SMILES string of the molecule is CCN(CC)c1nc(N)c([N+](=O)[O-])c(N2CCC(Cc3ccccc3)CC2)n1. The monoisotopic (exact) mass is 384 g/mol. The fourth-order valence-electron chi connectivity index (χ4n) is 3.79. The molecular formula is C20H28N6O2. The third-order valence-electron chi connectivity index (χ3n) is 5.39. The van der Waals surface area contributed by atoms with E-state index in [0.717, 1.165) is 32.4 Å². The summed E-state index contributed by atoms with van der Waals surface area (Å²) in [5, 5.41) is 11.6. The Labute approximate surface area is 165 Å². The van der Waals surface area contributed by atoms with Crippen LogP contribution in [0.25, 0.3) is 0 Å². The Balaban J connectivity index is 1.79. The lowest BCUT2D eigenvalue weighted by atomic mass is 9.90. The highest BCUT2D eigenvalue weighted by molar-refractivity contribution is 5.71. The van der Waals surface area contributed by atoms with Crippen LogP contribution >= 0.6 is 0 Å². The number of hydrogen-bond donors (Lipinski definition) is 1. The zero-order valence-electron chi connectivity index (χ0n) is 16.5. The van der Waals surface area contributed by atoms with Gasteiger partial charge in [-0.1, -0.05) is 30.3 Å². The number of piperidine rings is 1. The molecule has 0 spiro atoms. The quantitative estimate of drug-likeness (QED) is 0.577. The molecule has 0 atom stereocenters. The van der Waals surface area contributed by atoms with Gasteiger partial charge in [0.2, 0.25) is 17.6 Å². The van der Waals surface area contributed by atoms with Crippen molar-refractivity contribution in [2.24, 2.45) is 5.92 Å². The van der Waals surface area contributed by atoms with Crippen LogP contribution in [0.5, 0.6) is 0 Å². The minimum Gasteiger partial charge on any atom is -0.378 e. The molecule has 1 aromatic carbocycles. The van der Waals surface area contributed by atoms with E-state index in [1.54, 1.807) is 0 Å². The van der Waals surface area contributed by atoms with Gasteiger partial charge in [0, 0.05) is 26.2 Å². The van der Waals surface area contributed by atoms with E-state index in [0.29, 0.717) is 30.8 Å². The van der Waals surface area contributed by atoms with E-state index in [1.807, 2.05) is 29.7 Å². The lowest BCUT2D eigenvalue weighted by Crippen LogP contribution is -2.36. The maximum Gasteiger partial charge on any atom is 0.353 e. The van der Waals surface area contributed by atoms with Crippen LogP contribution in [0.4, 0.5) is 23.3 Å². The average Bonchev–Trinajstić information content (AvgIpc) is 2.69. The molecule has 0 radical (unpaired) electrons. The van der Waals surface area contributed by atoms with Gasteiger partial charge in [0.1, 0.15) is 0 Å². The first-order chi connectivity index (χ1) is 13.5. The molecular weight excluding hydrogens is 356 g/mol. The van der Waals surface area contributed by atoms with Crippen molar-refractivity contribution in [3.63, 3.8) is 0 Å². The second kappa shape index (κ2) is 8.86. The summed E-state index contributed by atoms with van der Waals surface area (Å²) in [5.74, 6) is 1.30. The zero-order chi connectivity index (χ0) is 20.1. The molecule has 3 rings (SSSR count). The van der Waals surface area contributed by atoms with E-state index in [1.165, 1.54) is 5.56 Å². The summed E-state index contributed by atoms with van der Waals surface area (Å²) in [6.45, 7) is 6.88. The Morgan fingerprint density at radius 1 is 1.18 bits per heavy atom. The maximum absolute atomic E-state index is 11.6. The van der Waals surface area contributed by atoms with Crippen molar-refractivity contribution in [2.45, 2.75) is 33.1 Å². The van der Waals surface area contributed by atoms with Crippen LogP contribution in [-0.2, 0) is 6.42 Å². The lowest BCUT2D eigenvalue weighted by Gasteiger charge is -2.33. The summed E-state index contributed by atoms with van der Waals surface area (Å²) in [4.78, 5) is 23.8. The van der Waals surface area contributed by atoms with Gasteiger partial charge in [-0.25, -0.2) is 0 Å². The highest BCUT2D eigenvalue weighted by atomic mass is 16.6. The van der Waals surface area contributed by atoms with E-state index in [9.17, 15) is 10.1 Å². The van der Waals surface area contributed by atoms with E-state index in [2.05, 4.69) is 34.2 Å². The number of anilines is 3. The van der Waals surface area contributed by atoms with Crippen LogP contribution in [0.1, 0.15) is 32.3 Å². The van der Waals surface area contributed by atoms with Crippen LogP contribution in [-0.4, -0.2) is 41.1 Å². The predicted molar refractivity (Wildman–Crippen MR) is 112 cm³/mol. The molecule has 1 saturated heterocycles. The molecule has 0 aliphatic carbocycles. The zero-order valence-corrected chi connectivity index (χ0v) is 16.5. The minimum atomic E-state index is -0.466. The van der Waals surface area contributed by atoms with Crippen molar-refractivity contribution < 1.29 is 4.92 Å². The number of rotatable bonds is 7. The summed E-state index contributed by atoms with van der Waals surface area (Å²) >= 11 is 0. The van der Waals surface area contributed by atoms with E-state index in [-0.39, 0.29) is 11.5 Å². The number of benzene rings is 1. The molecule has 2 N–H and O–H groups in total. The fourth-order valence-corrected chi connectivity index (χ4v) is 3.79. The van der Waals surface area contributed by atoms with Gasteiger partial charge in [0.05, 0.1) is 4.92 Å². The van der Waals surface area contributed by atoms with Gasteiger partial charge < -0.3 is 15.5 Å². The molecule has 8 nitrogen and oxygen atoms in total. The molecule has 2 heterocycles. The van der Waals surface area contributed by atoms with Gasteiger partial charge in [-0.3, -0.25) is 10.1 Å². The highest BCUT2D eigenvalue weighted by Gasteiger charge is 2.30. The molecule has 1 fully saturated rings. The number of nitrogens with zero attached hydrogens (tertiary/aromatic N) is 5. The maximum atomic E-state index is 11.6. The molecule has 0 saturated carbocycles. The first kappa shape index (κ1) is 19.9. The topological polar surface area (TPSA) is 101 Å². The smallest absolute Gasteiger partial charge is 0.353 e. The molecule has 150 valence electrons. The number of nitro groups is 1. The number of aromatic nitrogens is 2. The van der Waals surface area contributed by atoms with Crippen molar-refractivity contribution in [1.29, 1.82) is 0 Å². The Bertz CT molecular complexity index is 802. The largest absolute Gasteiger partial charge is 0.378 e. The van der Waals surface area contributed by atoms with Gasteiger partial charge in [0.15, 0.2) is 0 Å². The van der Waals surface area contributed by atoms with Crippen molar-refractivity contribution in [3.8, 4) is 0 Å². The first-order valence-electron chi connectivity index (χ1n) is 9.89. The van der Waals surface area contributed by atoms with Crippen LogP contribution < -0.4 is 15.5 Å². The van der Waals surface area contributed by atoms with Crippen molar-refractivity contribution >= 4 is 23.3 Å². The van der Waals surface area contributed by atoms with Gasteiger partial charge in [0.25, 0.3) is 0 Å². The normalized spacial score (nSPS) is 14.9. The Kier molecular flexibility index (Phi) is 6.28. The second-order valence-electron chi connectivity index (χ2n) is 7.13. The van der Waals surface area contributed by atoms with Crippen LogP contribution in [0, 0.1) is 16.0 Å². The van der Waals surface area contributed by atoms with Crippen LogP contribution in [0.15, 0.2) is 30.3 Å². The standard InChI is InChI=1S/C20H28N6O2/c1-3-24(4-2)20-22-18(21)17(26(27)28)19(23-20)25-12-10-16(11-13-25)14-15-8-6-5-7-9-15/h5-9,16H,3-4,10-14H2,1-2H3,(H2,21,22,23). The Morgan fingerprint density at radius 2 is 1.82 bits per heavy atom. The molecule has 1 aliphatic heterocycles. The molecule has 0 amide bonds. The van der Waals surface area contributed by atoms with Crippen molar-refractivity contribution in [2.75, 3.05) is 41.7 Å². The van der Waals surface area contributed by atoms with Crippen molar-refractivity contribution in [1.82, 2.24) is 9.97 Å². The first-order valence-corrected chi connectivity index (χ1v) is 9.89. The summed E-state index contributed by atoms with van der Waals surface area (Å²) in [6.07, 6.45) is 2.97. The number of nitrogen functional groups attached to an aromatic ring is 1. The van der Waals surface area contributed by atoms with E-state index < -0.39 is 4.92 Å². The fraction of sp³-hybridized carbons (Fsp3) is 0.500. The number of hydrogen-bond acceptors (Lipinski definition) is 7. The van der Waals surface area contributed by atoms with E-state index in [4.69, 9.17) is 5.73 Å². The second-order valence-corrected chi connectivity index (χ2v) is 7.13. The highest BCUT2D eigenvalue weighted by Crippen LogP contribution is 2.35. The minimum absolute atomic E-state index is 0.0664. The van der Waals surface area contributed by atoms with Gasteiger partial charge in [-0.05, 0) is 44.6 Å². The lowest BCUT2D eigenvalue weighted by molar-refractivity contribution is -0.383. The molecule has 28 heavy (non-hydrogen) atoms. The van der Waals surface area contributed by atoms with Gasteiger partial charge in [-0.15, -0.1) is 0 Å². The molecule has 0 bridgehead atoms. The van der Waals surface area contributed by atoms with Gasteiger partial charge in [-0.2, -0.15) is 9.97 Å². The summed E-state index contributed by atoms with van der Waals surface area (Å²) < 4.78 is 0. The van der Waals surface area contributed by atoms with Crippen LogP contribution in [0.2, 0.25) is 0 Å². The van der Waals surface area contributed by atoms with Crippen LogP contribution in [0.3, 0.4) is 0 Å². The predicted octanol–water partition coefficient (Wildman–Crippen LogP) is 3.27. The molecule has 2 aromatic rings. The Hall–Kier alpha value is -2.90. The van der Waals surface area contributed by atoms with Crippen molar-refractivity contribution in [3.05, 3.63) is 46.0 Å². The summed E-state index contributed by atoms with van der Waals surface area (Å²) in [6, 6.07) is 10.5. The Morgan fingerprint density at radius 3 is 2.39 bits per heavy atom. The third kappa shape index (κ3) is 4.32. The molecule has 1 aliphatic rings. The average molecular weight is 384 g/mol. The van der Waals surface area contributed by atoms with Gasteiger partial charge >= 0.3 is 5.69 Å². The molecule has 8 heteroatoms. The molecule has 0 unspecified atom stereocenters. The molecule has 1 aromatic heterocycles. The third-order valence-corrected chi connectivity index (χ3v) is 5.39. The van der Waals surface area contributed by atoms with E-state index >= 15 is 0 Å². The summed E-state index contributed by atoms with van der Waals surface area (Å²) in [7, 11) is 0. The summed E-state index contributed by atoms with van der Waals surface area (Å²) in [5.41, 5.74) is 7.11.